The van der Waals surface area contributed by atoms with Gasteiger partial charge < -0.3 is 19.3 Å². The first-order chi connectivity index (χ1) is 9.54. The van der Waals surface area contributed by atoms with Gasteiger partial charge in [0.1, 0.15) is 5.56 Å². The Morgan fingerprint density at radius 2 is 2.20 bits per heavy atom. The van der Waals surface area contributed by atoms with E-state index in [2.05, 4.69) is 0 Å². The van der Waals surface area contributed by atoms with Gasteiger partial charge in [-0.15, -0.1) is 0 Å². The standard InChI is InChI=1S/C14H18N2O4/c1-3-20-14(19)10-7-15-8(2)6-16(9-4-5-9)13(18)11(15)12(10)17/h7-9,17H,3-6H2,1-2H3/t8-/m0/s1. The number of fused-ring (bicyclic) bond motifs is 1. The van der Waals surface area contributed by atoms with Gasteiger partial charge in [-0.1, -0.05) is 0 Å². The van der Waals surface area contributed by atoms with Crippen molar-refractivity contribution in [2.24, 2.45) is 0 Å². The molecule has 0 saturated heterocycles. The average molecular weight is 278 g/mol. The fraction of sp³-hybridized carbons (Fsp3) is 0.571. The van der Waals surface area contributed by atoms with Crippen molar-refractivity contribution in [2.75, 3.05) is 13.2 Å². The first kappa shape index (κ1) is 13.0. The van der Waals surface area contributed by atoms with E-state index < -0.39 is 5.97 Å². The molecule has 1 saturated carbocycles. The number of carbonyl (C=O) groups is 2. The van der Waals surface area contributed by atoms with Crippen molar-refractivity contribution in [3.8, 4) is 5.75 Å². The highest BCUT2D eigenvalue weighted by Gasteiger charge is 2.41. The lowest BCUT2D eigenvalue weighted by molar-refractivity contribution is 0.0523. The molecule has 6 nitrogen and oxygen atoms in total. The van der Waals surface area contributed by atoms with Crippen molar-refractivity contribution in [2.45, 2.75) is 38.8 Å². The normalized spacial score (nSPS) is 21.8. The SMILES string of the molecule is CCOC(=O)c1cn2c(c1O)C(=O)N(C1CC1)C[C@@H]2C. The molecule has 1 aromatic heterocycles. The molecular weight excluding hydrogens is 260 g/mol. The van der Waals surface area contributed by atoms with Crippen LogP contribution in [0.1, 0.15) is 53.6 Å². The lowest BCUT2D eigenvalue weighted by Crippen LogP contribution is -2.43. The van der Waals surface area contributed by atoms with Crippen LogP contribution in [0.25, 0.3) is 0 Å². The number of ether oxygens (including phenoxy) is 1. The highest BCUT2D eigenvalue weighted by atomic mass is 16.5. The van der Waals surface area contributed by atoms with E-state index in [1.807, 2.05) is 6.92 Å². The zero-order chi connectivity index (χ0) is 14.4. The molecule has 20 heavy (non-hydrogen) atoms. The maximum absolute atomic E-state index is 12.5. The summed E-state index contributed by atoms with van der Waals surface area (Å²) in [4.78, 5) is 26.1. The highest BCUT2D eigenvalue weighted by molar-refractivity contribution is 6.02. The number of rotatable bonds is 3. The maximum atomic E-state index is 12.5. The summed E-state index contributed by atoms with van der Waals surface area (Å²) in [5.74, 6) is -1.05. The molecule has 1 aliphatic heterocycles. The number of amides is 1. The van der Waals surface area contributed by atoms with E-state index in [1.54, 1.807) is 16.4 Å². The third kappa shape index (κ3) is 1.87. The van der Waals surface area contributed by atoms with Gasteiger partial charge in [0.05, 0.1) is 6.61 Å². The van der Waals surface area contributed by atoms with Gasteiger partial charge in [0, 0.05) is 24.8 Å². The van der Waals surface area contributed by atoms with Crippen LogP contribution in [0.5, 0.6) is 5.75 Å². The first-order valence-electron chi connectivity index (χ1n) is 6.96. The maximum Gasteiger partial charge on any atom is 0.343 e. The minimum absolute atomic E-state index is 0.0392. The predicted molar refractivity (Wildman–Crippen MR) is 70.8 cm³/mol. The van der Waals surface area contributed by atoms with Crippen molar-refractivity contribution in [1.29, 1.82) is 0 Å². The zero-order valence-electron chi connectivity index (χ0n) is 11.6. The highest BCUT2D eigenvalue weighted by Crippen LogP contribution is 2.37. The summed E-state index contributed by atoms with van der Waals surface area (Å²) in [6, 6.07) is 0.330. The third-order valence-electron chi connectivity index (χ3n) is 3.89. The van der Waals surface area contributed by atoms with Crippen molar-refractivity contribution in [3.05, 3.63) is 17.5 Å². The number of hydrogen-bond donors (Lipinski definition) is 1. The summed E-state index contributed by atoms with van der Waals surface area (Å²) in [6.07, 6.45) is 3.56. The van der Waals surface area contributed by atoms with Gasteiger partial charge in [-0.05, 0) is 26.7 Å². The smallest absolute Gasteiger partial charge is 0.343 e. The van der Waals surface area contributed by atoms with E-state index >= 15 is 0 Å². The fourth-order valence-electron chi connectivity index (χ4n) is 2.72. The van der Waals surface area contributed by atoms with Crippen molar-refractivity contribution in [1.82, 2.24) is 9.47 Å². The largest absolute Gasteiger partial charge is 0.505 e. The summed E-state index contributed by atoms with van der Waals surface area (Å²) in [7, 11) is 0. The van der Waals surface area contributed by atoms with Gasteiger partial charge in [-0.2, -0.15) is 0 Å². The lowest BCUT2D eigenvalue weighted by Gasteiger charge is -2.32. The lowest BCUT2D eigenvalue weighted by atomic mass is 10.2. The molecule has 6 heteroatoms. The number of nitrogens with zero attached hydrogens (tertiary/aromatic N) is 2. The van der Waals surface area contributed by atoms with Gasteiger partial charge in [-0.3, -0.25) is 4.79 Å². The molecule has 2 aliphatic rings. The fourth-order valence-corrected chi connectivity index (χ4v) is 2.72. The van der Waals surface area contributed by atoms with Gasteiger partial charge in [0.2, 0.25) is 0 Å². The minimum Gasteiger partial charge on any atom is -0.505 e. The number of aromatic nitrogens is 1. The van der Waals surface area contributed by atoms with Gasteiger partial charge >= 0.3 is 5.97 Å². The molecule has 1 aliphatic carbocycles. The zero-order valence-corrected chi connectivity index (χ0v) is 11.6. The van der Waals surface area contributed by atoms with Gasteiger partial charge in [0.15, 0.2) is 11.4 Å². The van der Waals surface area contributed by atoms with Crippen LogP contribution in [-0.4, -0.2) is 45.6 Å². The summed E-state index contributed by atoms with van der Waals surface area (Å²) in [6.45, 7) is 4.52. The molecule has 0 unspecified atom stereocenters. The third-order valence-corrected chi connectivity index (χ3v) is 3.89. The van der Waals surface area contributed by atoms with Crippen molar-refractivity contribution < 1.29 is 19.4 Å². The topological polar surface area (TPSA) is 71.8 Å². The van der Waals surface area contributed by atoms with Crippen LogP contribution >= 0.6 is 0 Å². The molecule has 2 heterocycles. The molecule has 1 atom stereocenters. The van der Waals surface area contributed by atoms with E-state index in [0.717, 1.165) is 12.8 Å². The monoisotopic (exact) mass is 278 g/mol. The molecule has 3 rings (SSSR count). The van der Waals surface area contributed by atoms with Crippen LogP contribution in [0.3, 0.4) is 0 Å². The Kier molecular flexibility index (Phi) is 2.96. The number of aromatic hydroxyl groups is 1. The second kappa shape index (κ2) is 4.54. The Bertz CT molecular complexity index is 574. The minimum atomic E-state index is -0.593. The Labute approximate surface area is 116 Å². The van der Waals surface area contributed by atoms with E-state index in [-0.39, 0.29) is 35.6 Å². The molecular formula is C14H18N2O4. The van der Waals surface area contributed by atoms with Crippen LogP contribution in [-0.2, 0) is 4.74 Å². The van der Waals surface area contributed by atoms with Crippen LogP contribution in [0, 0.1) is 0 Å². The number of esters is 1. The molecule has 1 N–H and O–H groups in total. The van der Waals surface area contributed by atoms with E-state index in [1.165, 1.54) is 6.20 Å². The molecule has 108 valence electrons. The van der Waals surface area contributed by atoms with Crippen LogP contribution in [0.4, 0.5) is 0 Å². The van der Waals surface area contributed by atoms with E-state index in [9.17, 15) is 14.7 Å². The van der Waals surface area contributed by atoms with Crippen molar-refractivity contribution in [3.63, 3.8) is 0 Å². The summed E-state index contributed by atoms with van der Waals surface area (Å²) >= 11 is 0. The molecule has 0 radical (unpaired) electrons. The van der Waals surface area contributed by atoms with Crippen LogP contribution in [0.2, 0.25) is 0 Å². The molecule has 1 aromatic rings. The summed E-state index contributed by atoms with van der Waals surface area (Å²) in [5.41, 5.74) is 0.276. The predicted octanol–water partition coefficient (Wildman–Crippen LogP) is 1.55. The summed E-state index contributed by atoms with van der Waals surface area (Å²) < 4.78 is 6.59. The summed E-state index contributed by atoms with van der Waals surface area (Å²) in [5, 5.41) is 10.2. The Balaban J connectivity index is 2.01. The van der Waals surface area contributed by atoms with E-state index in [0.29, 0.717) is 12.6 Å². The second-order valence-electron chi connectivity index (χ2n) is 5.41. The molecule has 0 spiro atoms. The number of hydrogen-bond acceptors (Lipinski definition) is 4. The number of carbonyl (C=O) groups excluding carboxylic acids is 2. The van der Waals surface area contributed by atoms with Gasteiger partial charge in [0.25, 0.3) is 5.91 Å². The van der Waals surface area contributed by atoms with E-state index in [4.69, 9.17) is 4.74 Å². The van der Waals surface area contributed by atoms with Crippen LogP contribution < -0.4 is 0 Å². The molecule has 1 amide bonds. The quantitative estimate of drug-likeness (QED) is 0.851. The Hall–Kier alpha value is -1.98. The molecule has 0 bridgehead atoms. The van der Waals surface area contributed by atoms with Gasteiger partial charge in [-0.25, -0.2) is 4.79 Å². The first-order valence-corrected chi connectivity index (χ1v) is 6.96. The average Bonchev–Trinajstić information content (AvgIpc) is 3.17. The van der Waals surface area contributed by atoms with Crippen LogP contribution in [0.15, 0.2) is 6.20 Å². The molecule has 0 aromatic carbocycles. The molecule has 1 fully saturated rings. The second-order valence-corrected chi connectivity index (χ2v) is 5.41. The Morgan fingerprint density at radius 1 is 1.50 bits per heavy atom. The Morgan fingerprint density at radius 3 is 2.80 bits per heavy atom. The van der Waals surface area contributed by atoms with Crippen molar-refractivity contribution >= 4 is 11.9 Å².